The lowest BCUT2D eigenvalue weighted by molar-refractivity contribution is 0.622. The van der Waals surface area contributed by atoms with Crippen molar-refractivity contribution in [3.05, 3.63) is 18.2 Å². The van der Waals surface area contributed by atoms with Crippen LogP contribution >= 0.6 is 0 Å². The smallest absolute Gasteiger partial charge is 0.0922 e. The zero-order chi connectivity index (χ0) is 8.65. The van der Waals surface area contributed by atoms with Crippen molar-refractivity contribution in [1.82, 2.24) is 15.3 Å². The van der Waals surface area contributed by atoms with Gasteiger partial charge in [0, 0.05) is 18.4 Å². The van der Waals surface area contributed by atoms with Crippen LogP contribution in [0.1, 0.15) is 18.5 Å². The van der Waals surface area contributed by atoms with E-state index in [0.717, 1.165) is 38.2 Å². The third kappa shape index (κ3) is 3.50. The number of nitrogens with two attached hydrogens (primary N) is 1. The first-order valence-electron chi connectivity index (χ1n) is 4.31. The van der Waals surface area contributed by atoms with Gasteiger partial charge in [0.1, 0.15) is 0 Å². The average Bonchev–Trinajstić information content (AvgIpc) is 2.57. The Kier molecular flexibility index (Phi) is 4.41. The molecule has 0 aliphatic carbocycles. The maximum atomic E-state index is 5.36. The van der Waals surface area contributed by atoms with E-state index < -0.39 is 0 Å². The molecule has 0 fully saturated rings. The van der Waals surface area contributed by atoms with Crippen molar-refractivity contribution in [2.75, 3.05) is 13.1 Å². The highest BCUT2D eigenvalue weighted by Gasteiger charge is 1.91. The third-order valence-electron chi connectivity index (χ3n) is 1.68. The fourth-order valence-corrected chi connectivity index (χ4v) is 0.999. The second-order valence-corrected chi connectivity index (χ2v) is 2.75. The lowest BCUT2D eigenvalue weighted by Gasteiger charge is -2.00. The Morgan fingerprint density at radius 3 is 3.08 bits per heavy atom. The highest BCUT2D eigenvalue weighted by Crippen LogP contribution is 1.89. The molecule has 0 aromatic carbocycles. The molecule has 1 aromatic heterocycles. The number of aromatic nitrogens is 2. The fraction of sp³-hybridized carbons (Fsp3) is 0.625. The van der Waals surface area contributed by atoms with Gasteiger partial charge in [-0.2, -0.15) is 0 Å². The van der Waals surface area contributed by atoms with Gasteiger partial charge in [0.15, 0.2) is 0 Å². The van der Waals surface area contributed by atoms with Crippen molar-refractivity contribution >= 4 is 0 Å². The Morgan fingerprint density at radius 2 is 2.42 bits per heavy atom. The Bertz CT molecular complexity index is 183. The molecule has 0 aliphatic rings. The van der Waals surface area contributed by atoms with E-state index in [-0.39, 0.29) is 0 Å². The van der Waals surface area contributed by atoms with Crippen molar-refractivity contribution in [1.29, 1.82) is 0 Å². The molecule has 0 atom stereocenters. The Morgan fingerprint density at radius 1 is 1.50 bits per heavy atom. The van der Waals surface area contributed by atoms with Gasteiger partial charge in [0.25, 0.3) is 0 Å². The quantitative estimate of drug-likeness (QED) is 0.533. The lowest BCUT2D eigenvalue weighted by Crippen LogP contribution is -2.15. The van der Waals surface area contributed by atoms with Crippen LogP contribution in [0.3, 0.4) is 0 Å². The molecule has 0 saturated heterocycles. The molecular formula is C8H16N4. The molecule has 0 amide bonds. The molecule has 4 heteroatoms. The summed E-state index contributed by atoms with van der Waals surface area (Å²) in [5.74, 6) is 0. The summed E-state index contributed by atoms with van der Waals surface area (Å²) >= 11 is 0. The minimum atomic E-state index is 0.783. The molecule has 4 nitrogen and oxygen atoms in total. The van der Waals surface area contributed by atoms with Crippen LogP contribution < -0.4 is 11.1 Å². The highest BCUT2D eigenvalue weighted by atomic mass is 14.9. The number of unbranched alkanes of at least 4 members (excludes halogenated alkanes) is 1. The summed E-state index contributed by atoms with van der Waals surface area (Å²) in [5, 5.41) is 3.30. The molecule has 1 aromatic rings. The summed E-state index contributed by atoms with van der Waals surface area (Å²) in [6, 6.07) is 0. The van der Waals surface area contributed by atoms with Crippen LogP contribution in [0.5, 0.6) is 0 Å². The topological polar surface area (TPSA) is 66.7 Å². The number of rotatable bonds is 6. The van der Waals surface area contributed by atoms with Gasteiger partial charge in [-0.15, -0.1) is 0 Å². The number of hydrogen-bond donors (Lipinski definition) is 3. The van der Waals surface area contributed by atoms with Gasteiger partial charge in [0.05, 0.1) is 6.33 Å². The van der Waals surface area contributed by atoms with E-state index in [1.54, 1.807) is 6.33 Å². The normalized spacial score (nSPS) is 10.4. The van der Waals surface area contributed by atoms with E-state index >= 15 is 0 Å². The summed E-state index contributed by atoms with van der Waals surface area (Å²) in [4.78, 5) is 6.95. The number of hydrogen-bond acceptors (Lipinski definition) is 3. The van der Waals surface area contributed by atoms with Gasteiger partial charge >= 0.3 is 0 Å². The lowest BCUT2D eigenvalue weighted by atomic mass is 10.3. The number of imidazole rings is 1. The maximum Gasteiger partial charge on any atom is 0.0922 e. The highest BCUT2D eigenvalue weighted by molar-refractivity contribution is 4.92. The minimum absolute atomic E-state index is 0.783. The van der Waals surface area contributed by atoms with E-state index in [4.69, 9.17) is 5.73 Å². The predicted molar refractivity (Wildman–Crippen MR) is 48.6 cm³/mol. The second kappa shape index (κ2) is 5.74. The molecule has 4 N–H and O–H groups in total. The summed E-state index contributed by atoms with van der Waals surface area (Å²) in [7, 11) is 0. The molecule has 0 saturated carbocycles. The summed E-state index contributed by atoms with van der Waals surface area (Å²) in [5.41, 5.74) is 6.49. The molecule has 68 valence electrons. The number of H-pyrrole nitrogens is 1. The monoisotopic (exact) mass is 168 g/mol. The molecular weight excluding hydrogens is 152 g/mol. The molecule has 0 spiro atoms. The SMILES string of the molecule is NCCCCNCc1cnc[nH]1. The summed E-state index contributed by atoms with van der Waals surface area (Å²) in [6.07, 6.45) is 5.76. The Balaban J connectivity index is 1.96. The maximum absolute atomic E-state index is 5.36. The molecule has 0 bridgehead atoms. The van der Waals surface area contributed by atoms with Crippen LogP contribution in [0.25, 0.3) is 0 Å². The van der Waals surface area contributed by atoms with Crippen molar-refractivity contribution in [2.24, 2.45) is 5.73 Å². The van der Waals surface area contributed by atoms with Gasteiger partial charge < -0.3 is 16.0 Å². The molecule has 1 rings (SSSR count). The van der Waals surface area contributed by atoms with Crippen molar-refractivity contribution < 1.29 is 0 Å². The summed E-state index contributed by atoms with van der Waals surface area (Å²) < 4.78 is 0. The first-order valence-corrected chi connectivity index (χ1v) is 4.31. The Labute approximate surface area is 72.6 Å². The number of nitrogens with zero attached hydrogens (tertiary/aromatic N) is 1. The fourth-order valence-electron chi connectivity index (χ4n) is 0.999. The second-order valence-electron chi connectivity index (χ2n) is 2.75. The third-order valence-corrected chi connectivity index (χ3v) is 1.68. The van der Waals surface area contributed by atoms with E-state index in [2.05, 4.69) is 15.3 Å². The Hall–Kier alpha value is -0.870. The van der Waals surface area contributed by atoms with Gasteiger partial charge in [-0.1, -0.05) is 0 Å². The van der Waals surface area contributed by atoms with Crippen LogP contribution in [0.15, 0.2) is 12.5 Å². The first-order chi connectivity index (χ1) is 5.93. The van der Waals surface area contributed by atoms with Crippen LogP contribution in [-0.2, 0) is 6.54 Å². The standard InChI is InChI=1S/C8H16N4/c9-3-1-2-4-10-5-8-6-11-7-12-8/h6-7,10H,1-5,9H2,(H,11,12). The number of aromatic amines is 1. The van der Waals surface area contributed by atoms with Gasteiger partial charge in [-0.25, -0.2) is 4.98 Å². The van der Waals surface area contributed by atoms with E-state index in [9.17, 15) is 0 Å². The zero-order valence-corrected chi connectivity index (χ0v) is 7.21. The van der Waals surface area contributed by atoms with Crippen molar-refractivity contribution in [3.8, 4) is 0 Å². The molecule has 0 aliphatic heterocycles. The molecule has 0 radical (unpaired) electrons. The molecule has 1 heterocycles. The van der Waals surface area contributed by atoms with Crippen molar-refractivity contribution in [3.63, 3.8) is 0 Å². The van der Waals surface area contributed by atoms with Crippen LogP contribution in [0.4, 0.5) is 0 Å². The van der Waals surface area contributed by atoms with Gasteiger partial charge in [-0.05, 0) is 25.9 Å². The molecule has 12 heavy (non-hydrogen) atoms. The van der Waals surface area contributed by atoms with Crippen LogP contribution in [0, 0.1) is 0 Å². The summed E-state index contributed by atoms with van der Waals surface area (Å²) in [6.45, 7) is 2.67. The predicted octanol–water partition coefficient (Wildman–Crippen LogP) is 0.238. The zero-order valence-electron chi connectivity index (χ0n) is 7.21. The van der Waals surface area contributed by atoms with Gasteiger partial charge in [0.2, 0.25) is 0 Å². The number of nitrogens with one attached hydrogen (secondary N) is 2. The molecule has 0 unspecified atom stereocenters. The van der Waals surface area contributed by atoms with E-state index in [0.29, 0.717) is 0 Å². The average molecular weight is 168 g/mol. The minimum Gasteiger partial charge on any atom is -0.347 e. The van der Waals surface area contributed by atoms with Crippen LogP contribution in [-0.4, -0.2) is 23.1 Å². The van der Waals surface area contributed by atoms with E-state index in [1.807, 2.05) is 6.20 Å². The first kappa shape index (κ1) is 9.22. The van der Waals surface area contributed by atoms with E-state index in [1.165, 1.54) is 0 Å². The largest absolute Gasteiger partial charge is 0.347 e. The van der Waals surface area contributed by atoms with Crippen LogP contribution in [0.2, 0.25) is 0 Å². The van der Waals surface area contributed by atoms with Gasteiger partial charge in [-0.3, -0.25) is 0 Å². The van der Waals surface area contributed by atoms with Crippen molar-refractivity contribution in [2.45, 2.75) is 19.4 Å².